The Morgan fingerprint density at radius 3 is 2.58 bits per heavy atom. The minimum absolute atomic E-state index is 0.00365. The maximum atomic E-state index is 14.7. The number of ether oxygens (including phenoxy) is 3. The standard InChI is InChI=1S/C40H54N6O10S/c1-5-25-18-24(2)8-6-7-9-26-21-40(26,37(49)44-57(52,53)39(3)12-13-39)43-34(47)31-20-28(23-46(31)36(48)33(25)42-38(50)51)56-35-29-11-10-27(54-4)19-30(29)32(22-41-35)45-14-16-55-17-15-45/h7,9-11,19,22,24-26,28,31,33,42H,5-6,8,12-18,20-21,23H2,1-4H3,(H,43,47)(H,44,49)(H,50,51)/t24-,25+,26+,28+,31-,33-,40+/m0/s1. The van der Waals surface area contributed by atoms with Crippen LogP contribution in [0.2, 0.25) is 0 Å². The van der Waals surface area contributed by atoms with Crippen molar-refractivity contribution in [2.45, 2.75) is 101 Å². The number of hydrogen-bond donors (Lipinski definition) is 4. The van der Waals surface area contributed by atoms with Gasteiger partial charge in [0.15, 0.2) is 0 Å². The summed E-state index contributed by atoms with van der Waals surface area (Å²) in [6.45, 7) is 7.98. The second kappa shape index (κ2) is 16.0. The van der Waals surface area contributed by atoms with Gasteiger partial charge < -0.3 is 39.8 Å². The van der Waals surface area contributed by atoms with Crippen LogP contribution in [0.25, 0.3) is 10.8 Å². The number of rotatable bonds is 9. The van der Waals surface area contributed by atoms with Crippen molar-refractivity contribution in [2.75, 3.05) is 44.9 Å². The largest absolute Gasteiger partial charge is 0.497 e. The van der Waals surface area contributed by atoms with Crippen LogP contribution in [0.3, 0.4) is 0 Å². The van der Waals surface area contributed by atoms with E-state index in [-0.39, 0.29) is 37.1 Å². The summed E-state index contributed by atoms with van der Waals surface area (Å²) in [7, 11) is -2.43. The molecule has 3 aliphatic heterocycles. The molecule has 0 bridgehead atoms. The molecule has 1 aromatic heterocycles. The highest BCUT2D eigenvalue weighted by molar-refractivity contribution is 7.91. The Labute approximate surface area is 333 Å². The lowest BCUT2D eigenvalue weighted by Crippen LogP contribution is -2.59. The molecule has 16 nitrogen and oxygen atoms in total. The first-order valence-corrected chi connectivity index (χ1v) is 21.5. The maximum absolute atomic E-state index is 14.7. The van der Waals surface area contributed by atoms with Gasteiger partial charge in [0.25, 0.3) is 5.91 Å². The van der Waals surface area contributed by atoms with Gasteiger partial charge in [-0.2, -0.15) is 0 Å². The fourth-order valence-corrected chi connectivity index (χ4v) is 9.88. The molecule has 0 spiro atoms. The van der Waals surface area contributed by atoms with Crippen molar-refractivity contribution in [1.82, 2.24) is 25.2 Å². The quantitative estimate of drug-likeness (QED) is 0.269. The molecule has 310 valence electrons. The van der Waals surface area contributed by atoms with Gasteiger partial charge in [-0.05, 0) is 75.5 Å². The van der Waals surface area contributed by atoms with Crippen molar-refractivity contribution in [3.63, 3.8) is 0 Å². The van der Waals surface area contributed by atoms with Crippen molar-refractivity contribution in [1.29, 1.82) is 0 Å². The second-order valence-electron chi connectivity index (χ2n) is 16.5. The molecule has 7 atom stereocenters. The van der Waals surface area contributed by atoms with E-state index in [4.69, 9.17) is 19.2 Å². The van der Waals surface area contributed by atoms with Gasteiger partial charge >= 0.3 is 6.09 Å². The number of anilines is 1. The van der Waals surface area contributed by atoms with Crippen molar-refractivity contribution in [3.05, 3.63) is 36.5 Å². The highest BCUT2D eigenvalue weighted by atomic mass is 32.2. The van der Waals surface area contributed by atoms with E-state index < -0.39 is 68.2 Å². The van der Waals surface area contributed by atoms with E-state index in [1.807, 2.05) is 31.2 Å². The van der Waals surface area contributed by atoms with Crippen LogP contribution in [0.1, 0.15) is 72.1 Å². The van der Waals surface area contributed by atoms with E-state index in [1.54, 1.807) is 26.3 Å². The molecule has 2 aliphatic carbocycles. The van der Waals surface area contributed by atoms with Crippen LogP contribution in [0, 0.1) is 17.8 Å². The fraction of sp³-hybridized carbons (Fsp3) is 0.625. The summed E-state index contributed by atoms with van der Waals surface area (Å²) < 4.78 is 45.3. The molecule has 57 heavy (non-hydrogen) atoms. The summed E-state index contributed by atoms with van der Waals surface area (Å²) >= 11 is 0. The summed E-state index contributed by atoms with van der Waals surface area (Å²) in [4.78, 5) is 63.6. The third-order valence-corrected chi connectivity index (χ3v) is 14.7. The van der Waals surface area contributed by atoms with Crippen LogP contribution >= 0.6 is 0 Å². The predicted molar refractivity (Wildman–Crippen MR) is 210 cm³/mol. The van der Waals surface area contributed by atoms with Crippen molar-refractivity contribution >= 4 is 50.3 Å². The summed E-state index contributed by atoms with van der Waals surface area (Å²) in [5.41, 5.74) is -0.674. The molecule has 7 rings (SSSR count). The van der Waals surface area contributed by atoms with E-state index in [0.29, 0.717) is 69.5 Å². The van der Waals surface area contributed by atoms with E-state index in [1.165, 1.54) is 4.90 Å². The second-order valence-corrected chi connectivity index (χ2v) is 18.7. The van der Waals surface area contributed by atoms with Crippen LogP contribution < -0.4 is 29.7 Å². The number of benzene rings is 1. The summed E-state index contributed by atoms with van der Waals surface area (Å²) in [5, 5.41) is 16.8. The average Bonchev–Trinajstić information content (AvgIpc) is 4.07. The van der Waals surface area contributed by atoms with Crippen molar-refractivity contribution in [2.24, 2.45) is 17.8 Å². The number of carboxylic acid groups (broad SMARTS) is 1. The molecule has 2 saturated carbocycles. The lowest BCUT2D eigenvalue weighted by Gasteiger charge is -2.33. The number of sulfonamides is 1. The first-order chi connectivity index (χ1) is 27.2. The highest BCUT2D eigenvalue weighted by Gasteiger charge is 2.63. The van der Waals surface area contributed by atoms with Crippen molar-refractivity contribution in [3.8, 4) is 11.6 Å². The van der Waals surface area contributed by atoms with E-state index in [0.717, 1.165) is 17.5 Å². The lowest BCUT2D eigenvalue weighted by atomic mass is 9.85. The Bertz CT molecular complexity index is 2040. The van der Waals surface area contributed by atoms with Gasteiger partial charge in [0.2, 0.25) is 27.7 Å². The first kappa shape index (κ1) is 40.6. The van der Waals surface area contributed by atoms with Crippen LogP contribution in [0.15, 0.2) is 36.5 Å². The molecule has 2 aromatic rings. The number of aromatic nitrogens is 1. The molecule has 0 radical (unpaired) electrons. The number of fused-ring (bicyclic) bond motifs is 3. The molecule has 4 amide bonds. The van der Waals surface area contributed by atoms with Gasteiger partial charge in [0, 0.05) is 36.2 Å². The number of morpholine rings is 1. The van der Waals surface area contributed by atoms with Crippen LogP contribution in [0.4, 0.5) is 10.5 Å². The van der Waals surface area contributed by atoms with Gasteiger partial charge in [0.1, 0.15) is 29.5 Å². The number of nitrogens with zero attached hydrogens (tertiary/aromatic N) is 3. The molecule has 17 heteroatoms. The maximum Gasteiger partial charge on any atom is 0.405 e. The molecule has 2 saturated heterocycles. The third-order valence-electron chi connectivity index (χ3n) is 12.6. The van der Waals surface area contributed by atoms with Gasteiger partial charge in [0.05, 0.1) is 43.5 Å². The number of allylic oxidation sites excluding steroid dienone is 1. The van der Waals surface area contributed by atoms with Gasteiger partial charge in [-0.1, -0.05) is 32.4 Å². The highest BCUT2D eigenvalue weighted by Crippen LogP contribution is 2.48. The summed E-state index contributed by atoms with van der Waals surface area (Å²) in [6, 6.07) is 3.24. The first-order valence-electron chi connectivity index (χ1n) is 20.0. The zero-order chi connectivity index (χ0) is 40.7. The van der Waals surface area contributed by atoms with Crippen LogP contribution in [-0.2, 0) is 29.1 Å². The van der Waals surface area contributed by atoms with Crippen molar-refractivity contribution < 1.29 is 46.9 Å². The molecule has 4 fully saturated rings. The van der Waals surface area contributed by atoms with Gasteiger partial charge in [-0.15, -0.1) is 0 Å². The molecular formula is C40H54N6O10S. The molecule has 4 heterocycles. The normalized spacial score (nSPS) is 30.2. The predicted octanol–water partition coefficient (Wildman–Crippen LogP) is 3.34. The zero-order valence-corrected chi connectivity index (χ0v) is 33.8. The Hall–Kier alpha value is -4.64. The third kappa shape index (κ3) is 8.22. The molecule has 4 N–H and O–H groups in total. The SMILES string of the molecule is CC[C@@H]1C[C@@H](C)CCC=C[C@@H]2C[C@@]2(C(=O)NS(=O)(=O)C2(C)CC2)NC(=O)[C@@H]2C[C@@H](Oc3ncc(N4CCOCC4)c4cc(OC)ccc34)CN2C(=O)[C@H]1NC(=O)O. The Morgan fingerprint density at radius 2 is 1.89 bits per heavy atom. The zero-order valence-electron chi connectivity index (χ0n) is 33.0. The number of amides is 4. The Balaban J connectivity index is 1.23. The van der Waals surface area contributed by atoms with Crippen LogP contribution in [0.5, 0.6) is 11.6 Å². The minimum atomic E-state index is -4.02. The number of carbonyl (C=O) groups is 4. The molecule has 5 aliphatic rings. The van der Waals surface area contributed by atoms with Gasteiger partial charge in [-0.25, -0.2) is 18.2 Å². The molecule has 1 aromatic carbocycles. The van der Waals surface area contributed by atoms with E-state index in [2.05, 4.69) is 27.2 Å². The minimum Gasteiger partial charge on any atom is -0.497 e. The van der Waals surface area contributed by atoms with E-state index in [9.17, 15) is 32.7 Å². The number of nitrogens with one attached hydrogen (secondary N) is 3. The number of hydrogen-bond acceptors (Lipinski definition) is 11. The number of pyridine rings is 1. The van der Waals surface area contributed by atoms with Crippen LogP contribution in [-0.4, -0.2) is 116 Å². The van der Waals surface area contributed by atoms with E-state index >= 15 is 0 Å². The summed E-state index contributed by atoms with van der Waals surface area (Å²) in [5.74, 6) is -1.84. The monoisotopic (exact) mass is 810 g/mol. The number of methoxy groups -OCH3 is 1. The Kier molecular flexibility index (Phi) is 11.3. The average molecular weight is 811 g/mol. The smallest absolute Gasteiger partial charge is 0.405 e. The fourth-order valence-electron chi connectivity index (χ4n) is 8.56. The summed E-state index contributed by atoms with van der Waals surface area (Å²) in [6.07, 6.45) is 6.92. The van der Waals surface area contributed by atoms with Gasteiger partial charge in [-0.3, -0.25) is 19.1 Å². The Morgan fingerprint density at radius 1 is 1.14 bits per heavy atom. The molecular weight excluding hydrogens is 757 g/mol. The molecule has 0 unspecified atom stereocenters. The lowest BCUT2D eigenvalue weighted by molar-refractivity contribution is -0.142. The number of carbonyl (C=O) groups excluding carboxylic acids is 3. The topological polar surface area (TPSA) is 206 Å².